The second-order valence-electron chi connectivity index (χ2n) is 20.6. The Balaban J connectivity index is 4.31. The Hall–Kier alpha value is -2.37. The number of esters is 3. The molecule has 0 radical (unpaired) electrons. The van der Waals surface area contributed by atoms with Crippen molar-refractivity contribution in [3.05, 3.63) is 36.5 Å². The van der Waals surface area contributed by atoms with Crippen LogP contribution in [-0.2, 0) is 28.6 Å². The molecular formula is C63H116O6. The zero-order valence-corrected chi connectivity index (χ0v) is 46.3. The van der Waals surface area contributed by atoms with Gasteiger partial charge in [-0.2, -0.15) is 0 Å². The second-order valence-corrected chi connectivity index (χ2v) is 20.6. The lowest BCUT2D eigenvalue weighted by molar-refractivity contribution is -0.167. The van der Waals surface area contributed by atoms with E-state index >= 15 is 0 Å². The topological polar surface area (TPSA) is 78.9 Å². The van der Waals surface area contributed by atoms with E-state index in [2.05, 4.69) is 57.2 Å². The van der Waals surface area contributed by atoms with Gasteiger partial charge in [-0.3, -0.25) is 14.4 Å². The summed E-state index contributed by atoms with van der Waals surface area (Å²) in [5.41, 5.74) is 0. The van der Waals surface area contributed by atoms with E-state index in [1.54, 1.807) is 0 Å². The summed E-state index contributed by atoms with van der Waals surface area (Å²) in [6.45, 7) is 6.64. The van der Waals surface area contributed by atoms with Crippen LogP contribution in [0.2, 0.25) is 0 Å². The molecular weight excluding hydrogens is 853 g/mol. The lowest BCUT2D eigenvalue weighted by Crippen LogP contribution is -2.30. The van der Waals surface area contributed by atoms with Gasteiger partial charge in [0.05, 0.1) is 0 Å². The summed E-state index contributed by atoms with van der Waals surface area (Å²) in [5.74, 6) is -0.874. The van der Waals surface area contributed by atoms with Gasteiger partial charge in [-0.25, -0.2) is 0 Å². The number of unbranched alkanes of at least 4 members (excludes halogenated alkanes) is 39. The summed E-state index contributed by atoms with van der Waals surface area (Å²) >= 11 is 0. The number of rotatable bonds is 56. The summed E-state index contributed by atoms with van der Waals surface area (Å²) < 4.78 is 16.9. The second kappa shape index (κ2) is 58.2. The first-order valence-electron chi connectivity index (χ1n) is 30.5. The first kappa shape index (κ1) is 66.6. The maximum atomic E-state index is 12.9. The molecule has 0 fully saturated rings. The summed E-state index contributed by atoms with van der Waals surface area (Å²) in [5, 5.41) is 0. The van der Waals surface area contributed by atoms with Crippen LogP contribution in [0.25, 0.3) is 0 Å². The summed E-state index contributed by atoms with van der Waals surface area (Å²) in [7, 11) is 0. The van der Waals surface area contributed by atoms with Crippen LogP contribution in [0.4, 0.5) is 0 Å². The van der Waals surface area contributed by atoms with Crippen LogP contribution in [0.5, 0.6) is 0 Å². The van der Waals surface area contributed by atoms with E-state index < -0.39 is 6.10 Å². The van der Waals surface area contributed by atoms with Crippen molar-refractivity contribution in [2.45, 2.75) is 335 Å². The standard InChI is InChI=1S/C63H116O6/c1-4-7-10-13-16-19-22-25-28-29-30-31-32-33-36-38-41-44-47-50-53-56-62(65)68-59-60(69-63(66)57-54-51-48-45-42-39-35-27-24-21-18-15-12-9-6-3)58-67-61(64)55-52-49-46-43-40-37-34-26-23-20-17-14-11-8-5-2/h18,20-21,23,27,35,60H,4-17,19,22,24-26,28-34,36-59H2,1-3H3/b21-18-,23-20-,35-27-/t60-/m1/s1. The average Bonchev–Trinajstić information content (AvgIpc) is 3.35. The normalized spacial score (nSPS) is 12.2. The maximum absolute atomic E-state index is 12.9. The van der Waals surface area contributed by atoms with Crippen molar-refractivity contribution < 1.29 is 28.6 Å². The SMILES string of the molecule is CCCCC/C=C\C/C=C\CCCCCCCC(=O)O[C@H](COC(=O)CCCCCCCCC/C=C\CCCCCC)COC(=O)CCCCCCCCCCCCCCCCCCCCCCC. The van der Waals surface area contributed by atoms with Gasteiger partial charge >= 0.3 is 17.9 Å². The Kier molecular flexibility index (Phi) is 56.2. The Morgan fingerprint density at radius 1 is 0.290 bits per heavy atom. The van der Waals surface area contributed by atoms with Crippen molar-refractivity contribution in [1.82, 2.24) is 0 Å². The third kappa shape index (κ3) is 56.4. The number of hydrogen-bond acceptors (Lipinski definition) is 6. The first-order chi connectivity index (χ1) is 34.0. The largest absolute Gasteiger partial charge is 0.462 e. The highest BCUT2D eigenvalue weighted by Gasteiger charge is 2.19. The summed E-state index contributed by atoms with van der Waals surface area (Å²) in [6, 6.07) is 0. The van der Waals surface area contributed by atoms with Crippen LogP contribution in [0.3, 0.4) is 0 Å². The van der Waals surface area contributed by atoms with Crippen LogP contribution in [-0.4, -0.2) is 37.2 Å². The monoisotopic (exact) mass is 969 g/mol. The summed E-state index contributed by atoms with van der Waals surface area (Å²) in [4.78, 5) is 38.2. The molecule has 6 heteroatoms. The highest BCUT2D eigenvalue weighted by atomic mass is 16.6. The lowest BCUT2D eigenvalue weighted by atomic mass is 10.0. The van der Waals surface area contributed by atoms with Crippen LogP contribution >= 0.6 is 0 Å². The Labute approximate surface area is 429 Å². The van der Waals surface area contributed by atoms with Crippen molar-refractivity contribution in [3.8, 4) is 0 Å². The number of carbonyl (C=O) groups is 3. The molecule has 0 unspecified atom stereocenters. The smallest absolute Gasteiger partial charge is 0.306 e. The highest BCUT2D eigenvalue weighted by Crippen LogP contribution is 2.17. The molecule has 69 heavy (non-hydrogen) atoms. The molecule has 0 bridgehead atoms. The molecule has 0 spiro atoms. The molecule has 0 saturated carbocycles. The minimum absolute atomic E-state index is 0.0754. The maximum Gasteiger partial charge on any atom is 0.306 e. The fourth-order valence-electron chi connectivity index (χ4n) is 9.00. The number of carbonyl (C=O) groups excluding carboxylic acids is 3. The highest BCUT2D eigenvalue weighted by molar-refractivity contribution is 5.71. The Morgan fingerprint density at radius 2 is 0.522 bits per heavy atom. The molecule has 0 rings (SSSR count). The minimum atomic E-state index is -0.779. The van der Waals surface area contributed by atoms with E-state index in [0.29, 0.717) is 19.3 Å². The van der Waals surface area contributed by atoms with E-state index in [-0.39, 0.29) is 31.1 Å². The van der Waals surface area contributed by atoms with Crippen LogP contribution in [0.15, 0.2) is 36.5 Å². The first-order valence-corrected chi connectivity index (χ1v) is 30.5. The van der Waals surface area contributed by atoms with Crippen molar-refractivity contribution in [2.75, 3.05) is 13.2 Å². The van der Waals surface area contributed by atoms with Crippen LogP contribution < -0.4 is 0 Å². The van der Waals surface area contributed by atoms with E-state index in [1.165, 1.54) is 205 Å². The molecule has 0 saturated heterocycles. The number of ether oxygens (including phenoxy) is 3. The van der Waals surface area contributed by atoms with E-state index in [1.807, 2.05) is 0 Å². The predicted octanol–water partition coefficient (Wildman–Crippen LogP) is 20.4. The molecule has 1 atom stereocenters. The third-order valence-corrected chi connectivity index (χ3v) is 13.6. The molecule has 0 aliphatic heterocycles. The fraction of sp³-hybridized carbons (Fsp3) is 0.857. The fourth-order valence-corrected chi connectivity index (χ4v) is 9.00. The molecule has 0 N–H and O–H groups in total. The molecule has 0 aromatic heterocycles. The van der Waals surface area contributed by atoms with E-state index in [0.717, 1.165) is 83.5 Å². The van der Waals surface area contributed by atoms with Crippen molar-refractivity contribution >= 4 is 17.9 Å². The molecule has 0 amide bonds. The van der Waals surface area contributed by atoms with Gasteiger partial charge < -0.3 is 14.2 Å². The van der Waals surface area contributed by atoms with Gasteiger partial charge in [-0.05, 0) is 77.0 Å². The average molecular weight is 970 g/mol. The molecule has 0 aromatic rings. The zero-order chi connectivity index (χ0) is 50.0. The minimum Gasteiger partial charge on any atom is -0.462 e. The van der Waals surface area contributed by atoms with E-state index in [4.69, 9.17) is 14.2 Å². The Morgan fingerprint density at radius 3 is 0.855 bits per heavy atom. The zero-order valence-electron chi connectivity index (χ0n) is 46.3. The number of allylic oxidation sites excluding steroid dienone is 6. The predicted molar refractivity (Wildman–Crippen MR) is 298 cm³/mol. The van der Waals surface area contributed by atoms with Gasteiger partial charge in [0.2, 0.25) is 0 Å². The van der Waals surface area contributed by atoms with Gasteiger partial charge in [0.25, 0.3) is 0 Å². The molecule has 0 aliphatic carbocycles. The molecule has 0 aliphatic rings. The molecule has 6 nitrogen and oxygen atoms in total. The van der Waals surface area contributed by atoms with Gasteiger partial charge in [0.1, 0.15) is 13.2 Å². The van der Waals surface area contributed by atoms with Gasteiger partial charge in [0, 0.05) is 19.3 Å². The van der Waals surface area contributed by atoms with Gasteiger partial charge in [-0.15, -0.1) is 0 Å². The summed E-state index contributed by atoms with van der Waals surface area (Å²) in [6.07, 6.45) is 70.0. The third-order valence-electron chi connectivity index (χ3n) is 13.6. The van der Waals surface area contributed by atoms with Crippen molar-refractivity contribution in [1.29, 1.82) is 0 Å². The lowest BCUT2D eigenvalue weighted by Gasteiger charge is -2.18. The van der Waals surface area contributed by atoms with Crippen LogP contribution in [0, 0.1) is 0 Å². The van der Waals surface area contributed by atoms with Crippen LogP contribution in [0.1, 0.15) is 329 Å². The van der Waals surface area contributed by atoms with Gasteiger partial charge in [-0.1, -0.05) is 269 Å². The van der Waals surface area contributed by atoms with Crippen molar-refractivity contribution in [2.24, 2.45) is 0 Å². The molecule has 0 heterocycles. The van der Waals surface area contributed by atoms with Crippen molar-refractivity contribution in [3.63, 3.8) is 0 Å². The quantitative estimate of drug-likeness (QED) is 0.0261. The molecule has 404 valence electrons. The Bertz CT molecular complexity index is 1160. The number of hydrogen-bond donors (Lipinski definition) is 0. The van der Waals surface area contributed by atoms with E-state index in [9.17, 15) is 14.4 Å². The molecule has 0 aromatic carbocycles. The van der Waals surface area contributed by atoms with Gasteiger partial charge in [0.15, 0.2) is 6.10 Å².